The monoisotopic (exact) mass is 764 g/mol. The summed E-state index contributed by atoms with van der Waals surface area (Å²) in [5.41, 5.74) is 13.5. The Kier molecular flexibility index (Phi) is 6.93. The van der Waals surface area contributed by atoms with Gasteiger partial charge in [0, 0.05) is 50.4 Å². The molecule has 1 aromatic heterocycles. The van der Waals surface area contributed by atoms with E-state index in [2.05, 4.69) is 228 Å². The lowest BCUT2D eigenvalue weighted by Crippen LogP contribution is -2.36. The van der Waals surface area contributed by atoms with E-state index in [1.165, 1.54) is 71.3 Å². The Balaban J connectivity index is 1.05. The van der Waals surface area contributed by atoms with Crippen molar-refractivity contribution in [2.24, 2.45) is 0 Å². The van der Waals surface area contributed by atoms with E-state index in [1.54, 1.807) is 0 Å². The molecule has 0 amide bonds. The molecule has 0 saturated heterocycles. The largest absolute Gasteiger partial charge is 0.457 e. The van der Waals surface area contributed by atoms with Crippen LogP contribution in [0.2, 0.25) is 0 Å². The zero-order valence-corrected chi connectivity index (χ0v) is 32.6. The number of hydrogen-bond acceptors (Lipinski definition) is 2. The van der Waals surface area contributed by atoms with Gasteiger partial charge in [-0.25, -0.2) is 0 Å². The molecule has 1 aliphatic heterocycles. The number of aromatic nitrogens is 1. The van der Waals surface area contributed by atoms with E-state index < -0.39 is 5.41 Å². The summed E-state index contributed by atoms with van der Waals surface area (Å²) < 4.78 is 9.48. The molecule has 0 saturated carbocycles. The van der Waals surface area contributed by atoms with E-state index in [9.17, 15) is 0 Å². The second kappa shape index (κ2) is 12.6. The van der Waals surface area contributed by atoms with Crippen LogP contribution >= 0.6 is 0 Å². The third kappa shape index (κ3) is 4.49. The van der Waals surface area contributed by atoms with E-state index >= 15 is 0 Å². The maximum absolute atomic E-state index is 7.05. The number of fused-ring (bicyclic) bond motifs is 12. The Bertz CT molecular complexity index is 3540. The van der Waals surface area contributed by atoms with E-state index in [4.69, 9.17) is 4.74 Å². The summed E-state index contributed by atoms with van der Waals surface area (Å²) in [6.07, 6.45) is 0. The van der Waals surface area contributed by atoms with Gasteiger partial charge in [0.1, 0.15) is 11.5 Å². The molecule has 1 atom stereocenters. The van der Waals surface area contributed by atoms with Gasteiger partial charge in [-0.1, -0.05) is 158 Å². The van der Waals surface area contributed by atoms with Gasteiger partial charge >= 0.3 is 0 Å². The molecule has 0 N–H and O–H groups in total. The predicted octanol–water partition coefficient (Wildman–Crippen LogP) is 15.0. The first kappa shape index (κ1) is 33.1. The summed E-state index contributed by atoms with van der Waals surface area (Å²) in [5.74, 6) is 1.73. The van der Waals surface area contributed by atoms with Crippen LogP contribution in [-0.2, 0) is 5.41 Å². The van der Waals surface area contributed by atoms with Crippen LogP contribution in [0.4, 0.5) is 17.1 Å². The van der Waals surface area contributed by atoms with Gasteiger partial charge in [0.2, 0.25) is 0 Å². The summed E-state index contributed by atoms with van der Waals surface area (Å²) in [7, 11) is 0. The van der Waals surface area contributed by atoms with Crippen LogP contribution < -0.4 is 9.64 Å². The first-order chi connectivity index (χ1) is 29.8. The number of rotatable bonds is 4. The molecular formula is C57H36N2O. The van der Waals surface area contributed by atoms with Crippen molar-refractivity contribution in [3.63, 3.8) is 0 Å². The quantitative estimate of drug-likeness (QED) is 0.178. The molecule has 0 bridgehead atoms. The molecule has 13 rings (SSSR count). The predicted molar refractivity (Wildman–Crippen MR) is 248 cm³/mol. The van der Waals surface area contributed by atoms with Crippen LogP contribution in [0.1, 0.15) is 22.3 Å². The highest BCUT2D eigenvalue weighted by Gasteiger charge is 2.49. The normalized spacial score (nSPS) is 14.9. The van der Waals surface area contributed by atoms with Crippen molar-refractivity contribution in [3.8, 4) is 28.3 Å². The Morgan fingerprint density at radius 2 is 0.983 bits per heavy atom. The first-order valence-corrected chi connectivity index (χ1v) is 20.7. The van der Waals surface area contributed by atoms with Crippen molar-refractivity contribution in [2.75, 3.05) is 4.90 Å². The number of benzene rings is 10. The Labute approximate surface area is 347 Å². The van der Waals surface area contributed by atoms with Gasteiger partial charge < -0.3 is 14.2 Å². The maximum Gasteiger partial charge on any atom is 0.134 e. The highest BCUT2D eigenvalue weighted by atomic mass is 16.5. The molecule has 2 aliphatic rings. The highest BCUT2D eigenvalue weighted by molar-refractivity contribution is 6.12. The lowest BCUT2D eigenvalue weighted by Gasteiger charge is -2.45. The highest BCUT2D eigenvalue weighted by Crippen LogP contribution is 2.61. The van der Waals surface area contributed by atoms with Gasteiger partial charge in [-0.3, -0.25) is 0 Å². The van der Waals surface area contributed by atoms with Crippen molar-refractivity contribution in [1.82, 2.24) is 4.57 Å². The molecule has 1 spiro atoms. The first-order valence-electron chi connectivity index (χ1n) is 20.7. The molecule has 10 aromatic carbocycles. The number of anilines is 3. The Morgan fingerprint density at radius 1 is 0.367 bits per heavy atom. The zero-order valence-electron chi connectivity index (χ0n) is 32.6. The topological polar surface area (TPSA) is 17.4 Å². The SMILES string of the molecule is c1ccc(N(c2ccc3c(c2)Oc2ccccc2C32c3ccccc3-c3cccc4cccc2c34)c2ccc3c(c2)c2ccccc2n3-c2cccc3ccccc23)cc1. The lowest BCUT2D eigenvalue weighted by molar-refractivity contribution is 0.435. The van der Waals surface area contributed by atoms with Crippen LogP contribution in [0.3, 0.4) is 0 Å². The van der Waals surface area contributed by atoms with Crippen molar-refractivity contribution in [1.29, 1.82) is 0 Å². The van der Waals surface area contributed by atoms with Gasteiger partial charge in [-0.15, -0.1) is 0 Å². The second-order valence-corrected chi connectivity index (χ2v) is 16.0. The van der Waals surface area contributed by atoms with Gasteiger partial charge in [-0.05, 0) is 93.0 Å². The standard InChI is InChI=1S/C57H36N2O/c1-2-19-39(20-3-1)58(40-32-34-53-46(35-40)44-23-7-10-28-52(44)59(53)51-29-14-16-37-15-4-5-21-42(37)51)41-31-33-49-55(36-41)60-54-30-11-9-26-48(54)57(49)47-25-8-6-22-43(47)45-24-12-17-38-18-13-27-50(57)56(38)45/h1-36H. The fraction of sp³-hybridized carbons (Fsp3) is 0.0175. The Hall–Kier alpha value is -7.88. The molecule has 1 aliphatic carbocycles. The fourth-order valence-corrected chi connectivity index (χ4v) is 10.6. The lowest BCUT2D eigenvalue weighted by atomic mass is 9.58. The molecular weight excluding hydrogens is 729 g/mol. The minimum Gasteiger partial charge on any atom is -0.457 e. The van der Waals surface area contributed by atoms with Gasteiger partial charge in [0.15, 0.2) is 0 Å². The van der Waals surface area contributed by atoms with Crippen LogP contribution in [0, 0.1) is 0 Å². The molecule has 0 radical (unpaired) electrons. The smallest absolute Gasteiger partial charge is 0.134 e. The molecule has 280 valence electrons. The minimum atomic E-state index is -0.590. The maximum atomic E-state index is 7.05. The number of hydrogen-bond donors (Lipinski definition) is 0. The fourth-order valence-electron chi connectivity index (χ4n) is 10.6. The summed E-state index contributed by atoms with van der Waals surface area (Å²) in [4.78, 5) is 2.37. The van der Waals surface area contributed by atoms with Gasteiger partial charge in [0.25, 0.3) is 0 Å². The van der Waals surface area contributed by atoms with E-state index in [-0.39, 0.29) is 0 Å². The average Bonchev–Trinajstić information content (AvgIpc) is 3.64. The van der Waals surface area contributed by atoms with Crippen molar-refractivity contribution < 1.29 is 4.74 Å². The molecule has 0 fully saturated rings. The molecule has 60 heavy (non-hydrogen) atoms. The summed E-state index contributed by atoms with van der Waals surface area (Å²) in [6.45, 7) is 0. The third-order valence-corrected chi connectivity index (χ3v) is 13.0. The molecule has 2 heterocycles. The van der Waals surface area contributed by atoms with Gasteiger partial charge in [-0.2, -0.15) is 0 Å². The number of ether oxygens (including phenoxy) is 1. The van der Waals surface area contributed by atoms with Crippen LogP contribution in [0.25, 0.3) is 60.2 Å². The summed E-state index contributed by atoms with van der Waals surface area (Å²) in [5, 5.41) is 7.41. The minimum absolute atomic E-state index is 0.590. The Morgan fingerprint density at radius 3 is 1.90 bits per heavy atom. The molecule has 11 aromatic rings. The second-order valence-electron chi connectivity index (χ2n) is 16.0. The molecule has 1 unspecified atom stereocenters. The van der Waals surface area contributed by atoms with E-state index in [0.717, 1.165) is 39.7 Å². The molecule has 3 heteroatoms. The number of para-hydroxylation sites is 3. The number of nitrogens with zero attached hydrogens (tertiary/aromatic N) is 2. The van der Waals surface area contributed by atoms with Crippen molar-refractivity contribution >= 4 is 60.4 Å². The average molecular weight is 765 g/mol. The zero-order chi connectivity index (χ0) is 39.4. The van der Waals surface area contributed by atoms with Crippen molar-refractivity contribution in [3.05, 3.63) is 241 Å². The third-order valence-electron chi connectivity index (χ3n) is 13.0. The molecule has 3 nitrogen and oxygen atoms in total. The summed E-state index contributed by atoms with van der Waals surface area (Å²) >= 11 is 0. The van der Waals surface area contributed by atoms with E-state index in [0.29, 0.717) is 0 Å². The van der Waals surface area contributed by atoms with Crippen LogP contribution in [-0.4, -0.2) is 4.57 Å². The van der Waals surface area contributed by atoms with Crippen LogP contribution in [0.15, 0.2) is 218 Å². The van der Waals surface area contributed by atoms with Crippen LogP contribution in [0.5, 0.6) is 11.5 Å². The van der Waals surface area contributed by atoms with Crippen molar-refractivity contribution in [2.45, 2.75) is 5.41 Å². The van der Waals surface area contributed by atoms with E-state index in [1.807, 2.05) is 0 Å². The van der Waals surface area contributed by atoms with Gasteiger partial charge in [0.05, 0.1) is 22.1 Å². The summed E-state index contributed by atoms with van der Waals surface area (Å²) in [6, 6.07) is 79.6.